The molecule has 0 saturated heterocycles. The van der Waals surface area contributed by atoms with E-state index in [2.05, 4.69) is 50.4 Å². The van der Waals surface area contributed by atoms with Crippen LogP contribution in [0.15, 0.2) is 24.3 Å². The summed E-state index contributed by atoms with van der Waals surface area (Å²) >= 11 is 0. The minimum absolute atomic E-state index is 0.148. The fourth-order valence-electron chi connectivity index (χ4n) is 1.98. The second-order valence-corrected chi connectivity index (χ2v) is 6.11. The Morgan fingerprint density at radius 3 is 2.26 bits per heavy atom. The number of carbonyl (C=O) groups excluding carboxylic acids is 1. The van der Waals surface area contributed by atoms with Crippen LogP contribution in [0.4, 0.5) is 0 Å². The molecule has 1 amide bonds. The second kappa shape index (κ2) is 7.32. The molecule has 2 nitrogen and oxygen atoms in total. The van der Waals surface area contributed by atoms with Crippen molar-refractivity contribution < 1.29 is 4.79 Å². The van der Waals surface area contributed by atoms with Crippen LogP contribution in [0.1, 0.15) is 58.1 Å². The highest BCUT2D eigenvalue weighted by Gasteiger charge is 2.12. The Hall–Kier alpha value is -1.31. The lowest BCUT2D eigenvalue weighted by molar-refractivity contribution is -0.120. The number of carbonyl (C=O) groups is 1. The predicted octanol–water partition coefficient (Wildman–Crippen LogP) is 3.83. The van der Waals surface area contributed by atoms with E-state index in [9.17, 15) is 4.79 Å². The zero-order valence-corrected chi connectivity index (χ0v) is 12.8. The number of hydrogen-bond donors (Lipinski definition) is 1. The van der Waals surface area contributed by atoms with Gasteiger partial charge in [0.2, 0.25) is 5.91 Å². The lowest BCUT2D eigenvalue weighted by atomic mass is 9.86. The van der Waals surface area contributed by atoms with Gasteiger partial charge >= 0.3 is 0 Å². The number of amides is 1. The summed E-state index contributed by atoms with van der Waals surface area (Å²) < 4.78 is 0. The van der Waals surface area contributed by atoms with Gasteiger partial charge in [0.1, 0.15) is 0 Å². The van der Waals surface area contributed by atoms with Crippen molar-refractivity contribution in [2.45, 2.75) is 58.8 Å². The molecule has 0 aliphatic rings. The maximum atomic E-state index is 11.1. The van der Waals surface area contributed by atoms with E-state index in [1.54, 1.807) is 0 Å². The van der Waals surface area contributed by atoms with E-state index in [0.29, 0.717) is 6.42 Å². The van der Waals surface area contributed by atoms with Crippen LogP contribution in [0.2, 0.25) is 0 Å². The SMILES string of the molecule is CCC(=O)NCCCCc1ccc(C(C)(C)C)cc1. The Balaban J connectivity index is 2.29. The molecular formula is C17H27NO. The van der Waals surface area contributed by atoms with Crippen LogP contribution in [0, 0.1) is 0 Å². The standard InChI is InChI=1S/C17H27NO/c1-5-16(19)18-13-7-6-8-14-9-11-15(12-10-14)17(2,3)4/h9-12H,5-8,13H2,1-4H3,(H,18,19). The molecule has 106 valence electrons. The van der Waals surface area contributed by atoms with Crippen LogP contribution in [0.5, 0.6) is 0 Å². The summed E-state index contributed by atoms with van der Waals surface area (Å²) in [6.45, 7) is 9.38. The molecule has 0 fully saturated rings. The minimum Gasteiger partial charge on any atom is -0.356 e. The first-order valence-corrected chi connectivity index (χ1v) is 7.29. The molecule has 0 radical (unpaired) electrons. The summed E-state index contributed by atoms with van der Waals surface area (Å²) in [5.74, 6) is 0.148. The molecule has 0 spiro atoms. The van der Waals surface area contributed by atoms with Crippen molar-refractivity contribution in [3.8, 4) is 0 Å². The first-order valence-electron chi connectivity index (χ1n) is 7.29. The Kier molecular flexibility index (Phi) is 6.07. The van der Waals surface area contributed by atoms with Gasteiger partial charge in [0, 0.05) is 13.0 Å². The summed E-state index contributed by atoms with van der Waals surface area (Å²) in [6.07, 6.45) is 3.84. The summed E-state index contributed by atoms with van der Waals surface area (Å²) in [6, 6.07) is 8.92. The summed E-state index contributed by atoms with van der Waals surface area (Å²) in [5.41, 5.74) is 2.99. The van der Waals surface area contributed by atoms with Crippen molar-refractivity contribution in [2.75, 3.05) is 6.54 Å². The summed E-state index contributed by atoms with van der Waals surface area (Å²) in [5, 5.41) is 2.91. The molecule has 0 saturated carbocycles. The molecule has 0 aliphatic heterocycles. The summed E-state index contributed by atoms with van der Waals surface area (Å²) in [4.78, 5) is 11.1. The number of hydrogen-bond acceptors (Lipinski definition) is 1. The smallest absolute Gasteiger partial charge is 0.219 e. The van der Waals surface area contributed by atoms with Gasteiger partial charge in [-0.1, -0.05) is 52.0 Å². The Bertz CT molecular complexity index is 387. The third-order valence-electron chi connectivity index (χ3n) is 3.36. The number of aryl methyl sites for hydroxylation is 1. The van der Waals surface area contributed by atoms with Gasteiger partial charge in [0.15, 0.2) is 0 Å². The maximum absolute atomic E-state index is 11.1. The first kappa shape index (κ1) is 15.7. The third kappa shape index (κ3) is 5.91. The molecule has 0 heterocycles. The normalized spacial score (nSPS) is 11.4. The zero-order valence-electron chi connectivity index (χ0n) is 12.8. The topological polar surface area (TPSA) is 29.1 Å². The van der Waals surface area contributed by atoms with E-state index in [1.807, 2.05) is 6.92 Å². The highest BCUT2D eigenvalue weighted by Crippen LogP contribution is 2.22. The van der Waals surface area contributed by atoms with Crippen molar-refractivity contribution >= 4 is 5.91 Å². The number of nitrogens with one attached hydrogen (secondary N) is 1. The highest BCUT2D eigenvalue weighted by molar-refractivity contribution is 5.75. The molecule has 1 aromatic rings. The molecule has 1 N–H and O–H groups in total. The predicted molar refractivity (Wildman–Crippen MR) is 81.4 cm³/mol. The highest BCUT2D eigenvalue weighted by atomic mass is 16.1. The number of rotatable bonds is 6. The van der Waals surface area contributed by atoms with Gasteiger partial charge in [-0.3, -0.25) is 4.79 Å². The van der Waals surface area contributed by atoms with Crippen molar-refractivity contribution in [1.29, 1.82) is 0 Å². The van der Waals surface area contributed by atoms with E-state index in [1.165, 1.54) is 11.1 Å². The Morgan fingerprint density at radius 2 is 1.74 bits per heavy atom. The van der Waals surface area contributed by atoms with Crippen LogP contribution >= 0.6 is 0 Å². The average molecular weight is 261 g/mol. The van der Waals surface area contributed by atoms with Crippen LogP contribution in [-0.2, 0) is 16.6 Å². The van der Waals surface area contributed by atoms with E-state index in [4.69, 9.17) is 0 Å². The van der Waals surface area contributed by atoms with Gasteiger partial charge in [-0.25, -0.2) is 0 Å². The van der Waals surface area contributed by atoms with E-state index < -0.39 is 0 Å². The van der Waals surface area contributed by atoms with Gasteiger partial charge < -0.3 is 5.32 Å². The second-order valence-electron chi connectivity index (χ2n) is 6.11. The molecule has 1 rings (SSSR count). The molecule has 0 aliphatic carbocycles. The maximum Gasteiger partial charge on any atom is 0.219 e. The van der Waals surface area contributed by atoms with Gasteiger partial charge in [-0.05, 0) is 35.8 Å². The van der Waals surface area contributed by atoms with Gasteiger partial charge in [-0.15, -0.1) is 0 Å². The quantitative estimate of drug-likeness (QED) is 0.775. The minimum atomic E-state index is 0.148. The van der Waals surface area contributed by atoms with Crippen molar-refractivity contribution in [2.24, 2.45) is 0 Å². The largest absolute Gasteiger partial charge is 0.356 e. The van der Waals surface area contributed by atoms with Crippen LogP contribution < -0.4 is 5.32 Å². The molecule has 0 unspecified atom stereocenters. The Morgan fingerprint density at radius 1 is 1.11 bits per heavy atom. The van der Waals surface area contributed by atoms with E-state index in [-0.39, 0.29) is 11.3 Å². The van der Waals surface area contributed by atoms with Crippen molar-refractivity contribution in [1.82, 2.24) is 5.32 Å². The number of unbranched alkanes of at least 4 members (excludes halogenated alkanes) is 1. The first-order chi connectivity index (χ1) is 8.93. The zero-order chi connectivity index (χ0) is 14.3. The molecule has 19 heavy (non-hydrogen) atoms. The van der Waals surface area contributed by atoms with Gasteiger partial charge in [-0.2, -0.15) is 0 Å². The van der Waals surface area contributed by atoms with E-state index >= 15 is 0 Å². The average Bonchev–Trinajstić information content (AvgIpc) is 2.37. The van der Waals surface area contributed by atoms with Crippen molar-refractivity contribution in [3.05, 3.63) is 35.4 Å². The lowest BCUT2D eigenvalue weighted by Crippen LogP contribution is -2.23. The fourth-order valence-corrected chi connectivity index (χ4v) is 1.98. The molecular weight excluding hydrogens is 234 g/mol. The van der Waals surface area contributed by atoms with Crippen molar-refractivity contribution in [3.63, 3.8) is 0 Å². The molecule has 2 heteroatoms. The number of benzene rings is 1. The van der Waals surface area contributed by atoms with Crippen LogP contribution in [0.3, 0.4) is 0 Å². The molecule has 0 atom stereocenters. The third-order valence-corrected chi connectivity index (χ3v) is 3.36. The summed E-state index contributed by atoms with van der Waals surface area (Å²) in [7, 11) is 0. The monoisotopic (exact) mass is 261 g/mol. The molecule has 0 aromatic heterocycles. The van der Waals surface area contributed by atoms with Gasteiger partial charge in [0.25, 0.3) is 0 Å². The van der Waals surface area contributed by atoms with Gasteiger partial charge in [0.05, 0.1) is 0 Å². The Labute approximate surface area is 117 Å². The molecule has 0 bridgehead atoms. The van der Waals surface area contributed by atoms with Crippen LogP contribution in [-0.4, -0.2) is 12.5 Å². The molecule has 1 aromatic carbocycles. The van der Waals surface area contributed by atoms with E-state index in [0.717, 1.165) is 25.8 Å². The fraction of sp³-hybridized carbons (Fsp3) is 0.588. The lowest BCUT2D eigenvalue weighted by Gasteiger charge is -2.19. The van der Waals surface area contributed by atoms with Crippen LogP contribution in [0.25, 0.3) is 0 Å².